The van der Waals surface area contributed by atoms with Crippen LogP contribution in [0.1, 0.15) is 23.7 Å². The predicted octanol–water partition coefficient (Wildman–Crippen LogP) is 4.61. The zero-order valence-electron chi connectivity index (χ0n) is 12.4. The summed E-state index contributed by atoms with van der Waals surface area (Å²) in [5.74, 6) is 0.743. The average Bonchev–Trinajstić information content (AvgIpc) is 2.52. The van der Waals surface area contributed by atoms with Crippen molar-refractivity contribution in [1.82, 2.24) is 0 Å². The van der Waals surface area contributed by atoms with Gasteiger partial charge in [0.05, 0.1) is 6.10 Å². The lowest BCUT2D eigenvalue weighted by Crippen LogP contribution is -2.09. The Bertz CT molecular complexity index is 599. The van der Waals surface area contributed by atoms with Crippen LogP contribution in [0.4, 0.5) is 0 Å². The lowest BCUT2D eigenvalue weighted by molar-refractivity contribution is 0.0975. The van der Waals surface area contributed by atoms with E-state index in [2.05, 4.69) is 0 Å². The summed E-state index contributed by atoms with van der Waals surface area (Å²) in [6.07, 6.45) is 0.730. The molecule has 2 aromatic carbocycles. The van der Waals surface area contributed by atoms with Crippen molar-refractivity contribution < 1.29 is 9.47 Å². The van der Waals surface area contributed by atoms with E-state index in [1.807, 2.05) is 30.3 Å². The molecule has 0 saturated carbocycles. The molecular weight excluding hydrogens is 321 g/mol. The summed E-state index contributed by atoms with van der Waals surface area (Å²) in [7, 11) is 1.68. The van der Waals surface area contributed by atoms with Gasteiger partial charge in [0, 0.05) is 22.7 Å². The summed E-state index contributed by atoms with van der Waals surface area (Å²) in [4.78, 5) is 0. The molecule has 2 N–H and O–H groups in total. The van der Waals surface area contributed by atoms with Crippen LogP contribution in [-0.4, -0.2) is 13.7 Å². The van der Waals surface area contributed by atoms with Crippen molar-refractivity contribution >= 4 is 23.2 Å². The number of nitrogens with two attached hydrogens (primary N) is 1. The number of methoxy groups -OCH3 is 1. The van der Waals surface area contributed by atoms with Crippen LogP contribution in [0.5, 0.6) is 5.75 Å². The smallest absolute Gasteiger partial charge is 0.120 e. The Morgan fingerprint density at radius 1 is 1.09 bits per heavy atom. The molecule has 1 atom stereocenters. The van der Waals surface area contributed by atoms with Crippen molar-refractivity contribution in [3.8, 4) is 5.75 Å². The van der Waals surface area contributed by atoms with Gasteiger partial charge in [-0.15, -0.1) is 0 Å². The van der Waals surface area contributed by atoms with E-state index < -0.39 is 0 Å². The fraction of sp³-hybridized carbons (Fsp3) is 0.294. The Morgan fingerprint density at radius 3 is 2.41 bits per heavy atom. The van der Waals surface area contributed by atoms with Crippen LogP contribution < -0.4 is 10.5 Å². The molecular formula is C17H19Cl2NO2. The minimum absolute atomic E-state index is 0.0301. The Balaban J connectivity index is 2.10. The summed E-state index contributed by atoms with van der Waals surface area (Å²) in [5, 5.41) is 1.20. The van der Waals surface area contributed by atoms with Gasteiger partial charge in [0.2, 0.25) is 0 Å². The van der Waals surface area contributed by atoms with E-state index in [9.17, 15) is 0 Å². The van der Waals surface area contributed by atoms with Crippen molar-refractivity contribution in [2.24, 2.45) is 5.73 Å². The highest BCUT2D eigenvalue weighted by Gasteiger charge is 2.11. The zero-order chi connectivity index (χ0) is 15.9. The summed E-state index contributed by atoms with van der Waals surface area (Å²) >= 11 is 12.3. The Labute approximate surface area is 140 Å². The van der Waals surface area contributed by atoms with Gasteiger partial charge in [0.1, 0.15) is 12.4 Å². The maximum absolute atomic E-state index is 6.14. The number of hydrogen-bond acceptors (Lipinski definition) is 3. The normalized spacial score (nSPS) is 12.2. The SMILES string of the molecule is COC(CCN)c1cccc(OCc2c(Cl)cccc2Cl)c1. The average molecular weight is 340 g/mol. The molecule has 0 fully saturated rings. The Kier molecular flexibility index (Phi) is 6.52. The number of benzene rings is 2. The van der Waals surface area contributed by atoms with Crippen molar-refractivity contribution in [2.75, 3.05) is 13.7 Å². The third-order valence-corrected chi connectivity index (χ3v) is 4.10. The first-order valence-electron chi connectivity index (χ1n) is 7.04. The molecule has 0 aliphatic rings. The zero-order valence-corrected chi connectivity index (χ0v) is 13.9. The van der Waals surface area contributed by atoms with Crippen LogP contribution in [0.3, 0.4) is 0 Å². The molecule has 0 aromatic heterocycles. The van der Waals surface area contributed by atoms with Gasteiger partial charge in [0.15, 0.2) is 0 Å². The first-order valence-corrected chi connectivity index (χ1v) is 7.79. The number of hydrogen-bond donors (Lipinski definition) is 1. The van der Waals surface area contributed by atoms with E-state index in [1.165, 1.54) is 0 Å². The predicted molar refractivity (Wildman–Crippen MR) is 90.7 cm³/mol. The second-order valence-corrected chi connectivity index (χ2v) is 5.68. The van der Waals surface area contributed by atoms with Crippen molar-refractivity contribution in [3.05, 3.63) is 63.6 Å². The standard InChI is InChI=1S/C17H19Cl2NO2/c1-21-17(8-9-20)12-4-2-5-13(10-12)22-11-14-15(18)6-3-7-16(14)19/h2-7,10,17H,8-9,11,20H2,1H3. The van der Waals surface area contributed by atoms with E-state index >= 15 is 0 Å². The third-order valence-electron chi connectivity index (χ3n) is 3.39. The van der Waals surface area contributed by atoms with Gasteiger partial charge in [-0.05, 0) is 42.8 Å². The highest BCUT2D eigenvalue weighted by atomic mass is 35.5. The molecule has 1 unspecified atom stereocenters. The monoisotopic (exact) mass is 339 g/mol. The molecule has 3 nitrogen and oxygen atoms in total. The fourth-order valence-corrected chi connectivity index (χ4v) is 2.71. The van der Waals surface area contributed by atoms with E-state index in [-0.39, 0.29) is 6.10 Å². The minimum atomic E-state index is -0.0301. The van der Waals surface area contributed by atoms with Gasteiger partial charge in [0.25, 0.3) is 0 Å². The van der Waals surface area contributed by atoms with Crippen LogP contribution in [0.15, 0.2) is 42.5 Å². The molecule has 0 saturated heterocycles. The van der Waals surface area contributed by atoms with Gasteiger partial charge in [-0.25, -0.2) is 0 Å². The second kappa shape index (κ2) is 8.39. The van der Waals surface area contributed by atoms with E-state index in [0.29, 0.717) is 23.2 Å². The van der Waals surface area contributed by atoms with Crippen LogP contribution in [0.25, 0.3) is 0 Å². The summed E-state index contributed by atoms with van der Waals surface area (Å²) in [6.45, 7) is 0.884. The molecule has 0 heterocycles. The molecule has 0 radical (unpaired) electrons. The maximum Gasteiger partial charge on any atom is 0.120 e. The van der Waals surface area contributed by atoms with Crippen molar-refractivity contribution in [1.29, 1.82) is 0 Å². The van der Waals surface area contributed by atoms with Crippen molar-refractivity contribution in [3.63, 3.8) is 0 Å². The van der Waals surface area contributed by atoms with Crippen LogP contribution in [-0.2, 0) is 11.3 Å². The second-order valence-electron chi connectivity index (χ2n) is 4.86. The fourth-order valence-electron chi connectivity index (χ4n) is 2.20. The van der Waals surface area contributed by atoms with Gasteiger partial charge in [-0.2, -0.15) is 0 Å². The van der Waals surface area contributed by atoms with E-state index in [4.69, 9.17) is 38.4 Å². The highest BCUT2D eigenvalue weighted by Crippen LogP contribution is 2.27. The molecule has 0 aliphatic carbocycles. The molecule has 22 heavy (non-hydrogen) atoms. The van der Waals surface area contributed by atoms with Crippen molar-refractivity contribution in [2.45, 2.75) is 19.1 Å². The van der Waals surface area contributed by atoms with Gasteiger partial charge >= 0.3 is 0 Å². The molecule has 2 rings (SSSR count). The lowest BCUT2D eigenvalue weighted by Gasteiger charge is -2.16. The van der Waals surface area contributed by atoms with E-state index in [0.717, 1.165) is 23.3 Å². The largest absolute Gasteiger partial charge is 0.489 e. The third kappa shape index (κ3) is 4.37. The molecule has 0 spiro atoms. The van der Waals surface area contributed by atoms with E-state index in [1.54, 1.807) is 19.2 Å². The van der Waals surface area contributed by atoms with Gasteiger partial charge in [-0.1, -0.05) is 41.4 Å². The van der Waals surface area contributed by atoms with Crippen LogP contribution >= 0.6 is 23.2 Å². The minimum Gasteiger partial charge on any atom is -0.489 e. The molecule has 0 bridgehead atoms. The number of rotatable bonds is 7. The Morgan fingerprint density at radius 2 is 1.77 bits per heavy atom. The first kappa shape index (κ1) is 17.1. The number of ether oxygens (including phenoxy) is 2. The topological polar surface area (TPSA) is 44.5 Å². The molecule has 0 aliphatic heterocycles. The molecule has 0 amide bonds. The summed E-state index contributed by atoms with van der Waals surface area (Å²) in [6, 6.07) is 13.2. The quantitative estimate of drug-likeness (QED) is 0.801. The first-order chi connectivity index (χ1) is 10.7. The summed E-state index contributed by atoms with van der Waals surface area (Å²) in [5.41, 5.74) is 7.42. The Hall–Kier alpha value is -1.26. The highest BCUT2D eigenvalue weighted by molar-refractivity contribution is 6.35. The van der Waals surface area contributed by atoms with Crippen LogP contribution in [0, 0.1) is 0 Å². The molecule has 118 valence electrons. The molecule has 2 aromatic rings. The van der Waals surface area contributed by atoms with Gasteiger partial charge < -0.3 is 15.2 Å². The number of halogens is 2. The van der Waals surface area contributed by atoms with Crippen LogP contribution in [0.2, 0.25) is 10.0 Å². The maximum atomic E-state index is 6.14. The molecule has 5 heteroatoms. The summed E-state index contributed by atoms with van der Waals surface area (Å²) < 4.78 is 11.3. The lowest BCUT2D eigenvalue weighted by atomic mass is 10.1. The van der Waals surface area contributed by atoms with Gasteiger partial charge in [-0.3, -0.25) is 0 Å².